The van der Waals surface area contributed by atoms with Crippen molar-refractivity contribution >= 4 is 141 Å². The fourth-order valence-corrected chi connectivity index (χ4v) is 22.8. The van der Waals surface area contributed by atoms with E-state index in [1.165, 1.54) is 208 Å². The Morgan fingerprint density at radius 3 is 0.959 bits per heavy atom. The number of hydrogen-bond acceptors (Lipinski definition) is 5. The summed E-state index contributed by atoms with van der Waals surface area (Å²) in [6, 6.07) is 189. The van der Waals surface area contributed by atoms with Crippen molar-refractivity contribution in [3.63, 3.8) is 0 Å². The molecule has 0 radical (unpaired) electrons. The van der Waals surface area contributed by atoms with Gasteiger partial charge >= 0.3 is 0 Å². The van der Waals surface area contributed by atoms with Gasteiger partial charge < -0.3 is 0 Å². The summed E-state index contributed by atoms with van der Waals surface area (Å²) in [5.74, 6) is 0.0689. The molecule has 0 amide bonds. The second-order valence-electron chi connectivity index (χ2n) is 38.3. The summed E-state index contributed by atoms with van der Waals surface area (Å²) in [5, 5.41) is 28.4. The first-order chi connectivity index (χ1) is 72.9. The van der Waals surface area contributed by atoms with Gasteiger partial charge in [0.1, 0.15) is 0 Å². The Balaban J connectivity index is 0.000000109. The largest absolute Gasteiger partial charge is 0.256 e. The van der Waals surface area contributed by atoms with Crippen LogP contribution < -0.4 is 0 Å². The highest BCUT2D eigenvalue weighted by Gasteiger charge is 2.32. The lowest BCUT2D eigenvalue weighted by Gasteiger charge is -2.20. The highest BCUT2D eigenvalue weighted by Crippen LogP contribution is 2.52. The molecule has 1 aliphatic rings. The Bertz CT molecular complexity index is 10100. The number of aromatic nitrogens is 4. The Labute approximate surface area is 851 Å². The zero-order valence-corrected chi connectivity index (χ0v) is 80.3. The number of hydrogen-bond donors (Lipinski definition) is 0. The van der Waals surface area contributed by atoms with Gasteiger partial charge in [0.25, 0.3) is 0 Å². The molecule has 24 aromatic carbocycles. The van der Waals surface area contributed by atoms with Gasteiger partial charge in [-0.1, -0.05) is 431 Å². The maximum atomic E-state index is 5.32. The molecule has 0 saturated carbocycles. The van der Waals surface area contributed by atoms with Crippen LogP contribution in [0.25, 0.3) is 252 Å². The van der Waals surface area contributed by atoms with Gasteiger partial charge in [-0.05, 0) is 310 Å². The fraction of sp³-hybridized carbons (Fsp3) is 0.00704. The molecule has 1 aliphatic heterocycles. The van der Waals surface area contributed by atoms with Crippen molar-refractivity contribution in [2.24, 2.45) is 4.99 Å². The molecule has 0 saturated heterocycles. The Kier molecular flexibility index (Phi) is 22.0. The monoisotopic (exact) mass is 1870 g/mol. The molecule has 1 unspecified atom stereocenters. The molecule has 28 aromatic rings. The normalized spacial score (nSPS) is 12.3. The van der Waals surface area contributed by atoms with Gasteiger partial charge in [0.05, 0.1) is 39.9 Å². The van der Waals surface area contributed by atoms with Gasteiger partial charge in [-0.25, -0.2) is 0 Å². The van der Waals surface area contributed by atoms with Crippen molar-refractivity contribution in [3.05, 3.63) is 563 Å². The standard InChI is InChI=1S/C48H30N2.C48H31N.C46H30N2/c1-3-11-33-25-37(19-17-31(33)9-1)47-41-14-6-7-15-42(41)48(38-20-18-32-10-2-4-12-34(32)26-38)44-28-35(21-23-43(44)47)39-22-24-46(49-29-39)40-27-36-13-5-8-16-45(36)50-30-40;1-2-14-33(15-3-1)47-42-20-10-11-21-44(42)49-48(47)38-26-27-41-43(30-38)46(37-25-23-32-13-5-7-17-35(32)29-37)40-19-9-8-18-39(40)45(41)36-24-22-31-12-4-6-16-34(31)28-36;1-2-12-37-31(10-1)11-9-15-38(37)36-26-27-41-42(30-36)46(35-24-20-33(21-25-35)44-17-6-8-29-48-44)40-14-4-3-13-39(40)45(41)34-22-18-32(19-23-34)43-16-5-7-28-47-43/h1-30H;1-30,47H;1-30H. The summed E-state index contributed by atoms with van der Waals surface area (Å²) in [4.78, 5) is 24.1. The zero-order chi connectivity index (χ0) is 97.2. The predicted molar refractivity (Wildman–Crippen MR) is 621 cm³/mol. The van der Waals surface area contributed by atoms with Gasteiger partial charge in [-0.2, -0.15) is 0 Å². The van der Waals surface area contributed by atoms with E-state index in [9.17, 15) is 0 Å². The van der Waals surface area contributed by atoms with E-state index < -0.39 is 0 Å². The van der Waals surface area contributed by atoms with Gasteiger partial charge in [-0.3, -0.25) is 24.9 Å². The Morgan fingerprint density at radius 1 is 0.156 bits per heavy atom. The van der Waals surface area contributed by atoms with Gasteiger partial charge in [0.15, 0.2) is 0 Å². The van der Waals surface area contributed by atoms with Crippen LogP contribution in [0.15, 0.2) is 551 Å². The molecule has 684 valence electrons. The summed E-state index contributed by atoms with van der Waals surface area (Å²) in [6.45, 7) is 0. The van der Waals surface area contributed by atoms with Crippen LogP contribution in [0.2, 0.25) is 0 Å². The minimum atomic E-state index is 0.0689. The summed E-state index contributed by atoms with van der Waals surface area (Å²) in [5.41, 5.74) is 32.3. The third kappa shape index (κ3) is 16.0. The minimum Gasteiger partial charge on any atom is -0.256 e. The van der Waals surface area contributed by atoms with E-state index in [2.05, 4.69) is 494 Å². The van der Waals surface area contributed by atoms with Crippen LogP contribution in [0, 0.1) is 0 Å². The highest BCUT2D eigenvalue weighted by molar-refractivity contribution is 6.27. The van der Waals surface area contributed by atoms with Crippen LogP contribution in [0.1, 0.15) is 22.6 Å². The summed E-state index contributed by atoms with van der Waals surface area (Å²) >= 11 is 0. The molecule has 0 bridgehead atoms. The number of fused-ring (bicyclic) bond motifs is 13. The third-order valence-corrected chi connectivity index (χ3v) is 29.8. The molecule has 0 fully saturated rings. The van der Waals surface area contributed by atoms with Crippen LogP contribution >= 0.6 is 0 Å². The summed E-state index contributed by atoms with van der Waals surface area (Å²) < 4.78 is 0. The van der Waals surface area contributed by atoms with Gasteiger partial charge in [-0.15, -0.1) is 0 Å². The van der Waals surface area contributed by atoms with Crippen LogP contribution in [-0.2, 0) is 0 Å². The second-order valence-corrected chi connectivity index (χ2v) is 38.3. The molecule has 1 atom stereocenters. The van der Waals surface area contributed by atoms with E-state index in [0.29, 0.717) is 0 Å². The van der Waals surface area contributed by atoms with E-state index in [0.717, 1.165) is 72.8 Å². The molecule has 0 aliphatic carbocycles. The lowest BCUT2D eigenvalue weighted by atomic mass is 9.82. The van der Waals surface area contributed by atoms with Crippen LogP contribution in [0.4, 0.5) is 5.69 Å². The minimum absolute atomic E-state index is 0.0689. The summed E-state index contributed by atoms with van der Waals surface area (Å²) in [7, 11) is 0. The molecular formula is C142H91N5. The molecule has 5 heterocycles. The number of aliphatic imine (C=N–C) groups is 1. The predicted octanol–water partition coefficient (Wildman–Crippen LogP) is 38.1. The first-order valence-corrected chi connectivity index (χ1v) is 50.4. The number of rotatable bonds is 13. The lowest BCUT2D eigenvalue weighted by Crippen LogP contribution is -2.11. The van der Waals surface area contributed by atoms with Crippen molar-refractivity contribution in [1.29, 1.82) is 0 Å². The average Bonchev–Trinajstić information content (AvgIpc) is 0.794. The maximum Gasteiger partial charge on any atom is 0.0718 e. The number of pyridine rings is 4. The van der Waals surface area contributed by atoms with Crippen molar-refractivity contribution in [3.8, 4) is 123 Å². The molecule has 0 spiro atoms. The molecule has 5 nitrogen and oxygen atoms in total. The van der Waals surface area contributed by atoms with E-state index in [1.54, 1.807) is 0 Å². The van der Waals surface area contributed by atoms with Crippen LogP contribution in [0.5, 0.6) is 0 Å². The summed E-state index contributed by atoms with van der Waals surface area (Å²) in [6.07, 6.45) is 7.60. The fourth-order valence-electron chi connectivity index (χ4n) is 22.8. The lowest BCUT2D eigenvalue weighted by molar-refractivity contribution is 1.11. The first kappa shape index (κ1) is 86.7. The molecular weight excluding hydrogens is 1780 g/mol. The molecule has 4 aromatic heterocycles. The quantitative estimate of drug-likeness (QED) is 0.108. The van der Waals surface area contributed by atoms with Crippen molar-refractivity contribution in [2.75, 3.05) is 0 Å². The number of nitrogens with zero attached hydrogens (tertiary/aromatic N) is 5. The topological polar surface area (TPSA) is 63.9 Å². The van der Waals surface area contributed by atoms with Crippen molar-refractivity contribution in [1.82, 2.24) is 19.9 Å². The molecule has 0 N–H and O–H groups in total. The third-order valence-electron chi connectivity index (χ3n) is 29.8. The first-order valence-electron chi connectivity index (χ1n) is 50.4. The Hall–Kier alpha value is -19.3. The van der Waals surface area contributed by atoms with Crippen molar-refractivity contribution in [2.45, 2.75) is 5.92 Å². The van der Waals surface area contributed by atoms with Gasteiger partial charge in [0, 0.05) is 52.4 Å². The average molecular weight is 1870 g/mol. The number of para-hydroxylation sites is 2. The zero-order valence-electron chi connectivity index (χ0n) is 80.3. The van der Waals surface area contributed by atoms with E-state index >= 15 is 0 Å². The van der Waals surface area contributed by atoms with E-state index in [-0.39, 0.29) is 5.92 Å². The molecule has 29 rings (SSSR count). The SMILES string of the molecule is c1ccc(-c2ccc(-c3c4ccccc4c(-c4ccc(-c5ccccn5)cc4)c4cc(-c5cccc6ccccc56)ccc34)cc2)nc1.c1ccc(C2C(c3ccc4c(-c5ccc6ccccc6c5)c5ccccc5c(-c5ccc6ccccc6c5)c4c3)=Nc3ccccc32)cc1.c1ccc2cc(-c3c4ccccc4c(-c4ccc5ccccc5c4)c4cc(-c5ccc(-c6cnc7ccccc7c6)nc5)ccc34)ccc2c1. The Morgan fingerprint density at radius 2 is 0.483 bits per heavy atom. The smallest absolute Gasteiger partial charge is 0.0718 e. The molecule has 5 heteroatoms. The van der Waals surface area contributed by atoms with E-state index in [4.69, 9.17) is 9.98 Å². The molecule has 147 heavy (non-hydrogen) atoms. The van der Waals surface area contributed by atoms with Crippen molar-refractivity contribution < 1.29 is 0 Å². The number of benzene rings is 24. The highest BCUT2D eigenvalue weighted by atomic mass is 14.8. The second kappa shape index (κ2) is 37.3. The van der Waals surface area contributed by atoms with Gasteiger partial charge in [0.2, 0.25) is 0 Å². The van der Waals surface area contributed by atoms with E-state index in [1.807, 2.05) is 67.3 Å². The van der Waals surface area contributed by atoms with Crippen LogP contribution in [0.3, 0.4) is 0 Å². The van der Waals surface area contributed by atoms with Crippen LogP contribution in [-0.4, -0.2) is 25.6 Å². The maximum absolute atomic E-state index is 5.32.